The second kappa shape index (κ2) is 4.73. The van der Waals surface area contributed by atoms with Crippen LogP contribution in [0.4, 0.5) is 0 Å². The summed E-state index contributed by atoms with van der Waals surface area (Å²) in [7, 11) is 0. The van der Waals surface area contributed by atoms with Crippen molar-refractivity contribution >= 4 is 0 Å². The Labute approximate surface area is 70.0 Å². The molecule has 2 N–H and O–H groups in total. The molecular weight excluding hydrogens is 138 g/mol. The van der Waals surface area contributed by atoms with Crippen molar-refractivity contribution in [3.8, 4) is 0 Å². The van der Waals surface area contributed by atoms with Crippen LogP contribution in [-0.2, 0) is 0 Å². The first-order valence-corrected chi connectivity index (χ1v) is 4.56. The lowest BCUT2D eigenvalue weighted by Gasteiger charge is -2.32. The molecule has 0 aromatic heterocycles. The van der Waals surface area contributed by atoms with Gasteiger partial charge < -0.3 is 10.4 Å². The van der Waals surface area contributed by atoms with Crippen LogP contribution in [0, 0.1) is 0 Å². The van der Waals surface area contributed by atoms with Gasteiger partial charge in [0.2, 0.25) is 0 Å². The average Bonchev–Trinajstić information content (AvgIpc) is 2.03. The van der Waals surface area contributed by atoms with E-state index in [2.05, 4.69) is 12.2 Å². The summed E-state index contributed by atoms with van der Waals surface area (Å²) in [5.41, 5.74) is -0.518. The largest absolute Gasteiger partial charge is 0.388 e. The Morgan fingerprint density at radius 3 is 2.00 bits per heavy atom. The molecule has 2 heteroatoms. The molecule has 1 unspecified atom stereocenters. The molecule has 0 bridgehead atoms. The summed E-state index contributed by atoms with van der Waals surface area (Å²) < 4.78 is 0. The van der Waals surface area contributed by atoms with Crippen LogP contribution in [0.2, 0.25) is 0 Å². The molecule has 0 amide bonds. The van der Waals surface area contributed by atoms with Gasteiger partial charge in [0.25, 0.3) is 0 Å². The standard InChI is InChI=1S/C9H21NO/c1-5-9(11,6-2)8(4)10-7-3/h8,10-11H,5-7H2,1-4H3. The molecule has 0 spiro atoms. The third-order valence-corrected chi connectivity index (χ3v) is 2.54. The van der Waals surface area contributed by atoms with Crippen LogP contribution < -0.4 is 5.32 Å². The Kier molecular flexibility index (Phi) is 4.69. The maximum Gasteiger partial charge on any atom is 0.0792 e. The predicted molar refractivity (Wildman–Crippen MR) is 48.7 cm³/mol. The van der Waals surface area contributed by atoms with E-state index >= 15 is 0 Å². The van der Waals surface area contributed by atoms with Crippen LogP contribution in [0.1, 0.15) is 40.5 Å². The van der Waals surface area contributed by atoms with E-state index in [1.165, 1.54) is 0 Å². The van der Waals surface area contributed by atoms with E-state index < -0.39 is 5.60 Å². The molecule has 0 fully saturated rings. The van der Waals surface area contributed by atoms with Crippen molar-refractivity contribution in [1.29, 1.82) is 0 Å². The molecule has 0 saturated carbocycles. The summed E-state index contributed by atoms with van der Waals surface area (Å²) in [5, 5.41) is 13.2. The van der Waals surface area contributed by atoms with Gasteiger partial charge in [-0.3, -0.25) is 0 Å². The normalized spacial score (nSPS) is 15.0. The van der Waals surface area contributed by atoms with Gasteiger partial charge in [-0.05, 0) is 26.3 Å². The Morgan fingerprint density at radius 1 is 1.27 bits per heavy atom. The van der Waals surface area contributed by atoms with E-state index in [1.807, 2.05) is 20.8 Å². The second-order valence-electron chi connectivity index (χ2n) is 3.09. The molecule has 0 saturated heterocycles. The van der Waals surface area contributed by atoms with Gasteiger partial charge >= 0.3 is 0 Å². The van der Waals surface area contributed by atoms with Gasteiger partial charge in [0.1, 0.15) is 0 Å². The summed E-state index contributed by atoms with van der Waals surface area (Å²) in [6, 6.07) is 0.197. The quantitative estimate of drug-likeness (QED) is 0.637. The van der Waals surface area contributed by atoms with Gasteiger partial charge in [-0.2, -0.15) is 0 Å². The zero-order chi connectivity index (χ0) is 8.91. The van der Waals surface area contributed by atoms with Crippen LogP contribution in [0.15, 0.2) is 0 Å². The van der Waals surface area contributed by atoms with E-state index in [0.717, 1.165) is 19.4 Å². The minimum atomic E-state index is -0.518. The fourth-order valence-electron chi connectivity index (χ4n) is 1.36. The summed E-state index contributed by atoms with van der Waals surface area (Å²) in [5.74, 6) is 0. The molecule has 68 valence electrons. The van der Waals surface area contributed by atoms with E-state index in [-0.39, 0.29) is 6.04 Å². The van der Waals surface area contributed by atoms with Gasteiger partial charge in [0.15, 0.2) is 0 Å². The lowest BCUT2D eigenvalue weighted by Crippen LogP contribution is -2.48. The van der Waals surface area contributed by atoms with Crippen molar-refractivity contribution in [3.05, 3.63) is 0 Å². The van der Waals surface area contributed by atoms with Gasteiger partial charge in [-0.1, -0.05) is 20.8 Å². The summed E-state index contributed by atoms with van der Waals surface area (Å²) >= 11 is 0. The molecule has 0 radical (unpaired) electrons. The van der Waals surface area contributed by atoms with Crippen LogP contribution in [0.5, 0.6) is 0 Å². The highest BCUT2D eigenvalue weighted by molar-refractivity contribution is 4.85. The number of likely N-dealkylation sites (N-methyl/N-ethyl adjacent to an activating group) is 1. The number of hydrogen-bond acceptors (Lipinski definition) is 2. The van der Waals surface area contributed by atoms with Crippen molar-refractivity contribution < 1.29 is 5.11 Å². The number of hydrogen-bond donors (Lipinski definition) is 2. The topological polar surface area (TPSA) is 32.3 Å². The zero-order valence-corrected chi connectivity index (χ0v) is 8.15. The Morgan fingerprint density at radius 2 is 1.73 bits per heavy atom. The molecule has 1 atom stereocenters. The first-order chi connectivity index (χ1) is 5.10. The van der Waals surface area contributed by atoms with Gasteiger partial charge in [0, 0.05) is 6.04 Å². The van der Waals surface area contributed by atoms with E-state index in [1.54, 1.807) is 0 Å². The molecular formula is C9H21NO. The van der Waals surface area contributed by atoms with Crippen molar-refractivity contribution in [2.75, 3.05) is 6.54 Å². The molecule has 0 aliphatic heterocycles. The van der Waals surface area contributed by atoms with Crippen molar-refractivity contribution in [3.63, 3.8) is 0 Å². The number of rotatable bonds is 5. The van der Waals surface area contributed by atoms with Crippen LogP contribution in [0.25, 0.3) is 0 Å². The molecule has 2 nitrogen and oxygen atoms in total. The lowest BCUT2D eigenvalue weighted by molar-refractivity contribution is 0.000508. The minimum Gasteiger partial charge on any atom is -0.388 e. The zero-order valence-electron chi connectivity index (χ0n) is 8.15. The number of nitrogens with one attached hydrogen (secondary N) is 1. The number of aliphatic hydroxyl groups is 1. The highest BCUT2D eigenvalue weighted by atomic mass is 16.3. The maximum atomic E-state index is 9.97. The SMILES string of the molecule is CCNC(C)C(O)(CC)CC. The minimum absolute atomic E-state index is 0.197. The highest BCUT2D eigenvalue weighted by Crippen LogP contribution is 2.18. The second-order valence-corrected chi connectivity index (χ2v) is 3.09. The summed E-state index contributed by atoms with van der Waals surface area (Å²) in [4.78, 5) is 0. The van der Waals surface area contributed by atoms with E-state index in [4.69, 9.17) is 0 Å². The van der Waals surface area contributed by atoms with Crippen molar-refractivity contribution in [2.24, 2.45) is 0 Å². The summed E-state index contributed by atoms with van der Waals surface area (Å²) in [6.07, 6.45) is 1.63. The first kappa shape index (κ1) is 10.9. The monoisotopic (exact) mass is 159 g/mol. The van der Waals surface area contributed by atoms with Crippen LogP contribution >= 0.6 is 0 Å². The molecule has 0 heterocycles. The van der Waals surface area contributed by atoms with E-state index in [9.17, 15) is 5.11 Å². The smallest absolute Gasteiger partial charge is 0.0792 e. The van der Waals surface area contributed by atoms with Gasteiger partial charge in [-0.15, -0.1) is 0 Å². The van der Waals surface area contributed by atoms with Crippen LogP contribution in [-0.4, -0.2) is 23.3 Å². The average molecular weight is 159 g/mol. The molecule has 0 aliphatic carbocycles. The molecule has 11 heavy (non-hydrogen) atoms. The van der Waals surface area contributed by atoms with Crippen molar-refractivity contribution in [1.82, 2.24) is 5.32 Å². The Hall–Kier alpha value is -0.0800. The summed E-state index contributed by atoms with van der Waals surface area (Å²) in [6.45, 7) is 9.07. The molecule has 0 aliphatic rings. The van der Waals surface area contributed by atoms with E-state index in [0.29, 0.717) is 0 Å². The highest BCUT2D eigenvalue weighted by Gasteiger charge is 2.28. The lowest BCUT2D eigenvalue weighted by atomic mass is 9.90. The molecule has 0 aromatic rings. The Balaban J connectivity index is 4.00. The fourth-order valence-corrected chi connectivity index (χ4v) is 1.36. The predicted octanol–water partition coefficient (Wildman–Crippen LogP) is 1.54. The van der Waals surface area contributed by atoms with Gasteiger partial charge in [0.05, 0.1) is 5.60 Å². The molecule has 0 rings (SSSR count). The maximum absolute atomic E-state index is 9.97. The molecule has 0 aromatic carbocycles. The van der Waals surface area contributed by atoms with Crippen molar-refractivity contribution in [2.45, 2.75) is 52.2 Å². The third-order valence-electron chi connectivity index (χ3n) is 2.54. The Bertz CT molecular complexity index is 99.7. The fraction of sp³-hybridized carbons (Fsp3) is 1.00. The van der Waals surface area contributed by atoms with Gasteiger partial charge in [-0.25, -0.2) is 0 Å². The van der Waals surface area contributed by atoms with Crippen LogP contribution in [0.3, 0.4) is 0 Å². The third kappa shape index (κ3) is 2.80. The first-order valence-electron chi connectivity index (χ1n) is 4.56.